The fourth-order valence-corrected chi connectivity index (χ4v) is 3.65. The van der Waals surface area contributed by atoms with Gasteiger partial charge in [0.25, 0.3) is 0 Å². The lowest BCUT2D eigenvalue weighted by molar-refractivity contribution is 0.102. The molecule has 0 aliphatic heterocycles. The third kappa shape index (κ3) is 7.97. The van der Waals surface area contributed by atoms with Crippen LogP contribution < -0.4 is 10.1 Å². The number of hydrogen-bond acceptors (Lipinski definition) is 3. The number of aliphatic hydroxyl groups excluding tert-OH is 1. The molecule has 0 bridgehead atoms. The van der Waals surface area contributed by atoms with Gasteiger partial charge in [0.15, 0.2) is 0 Å². The van der Waals surface area contributed by atoms with Crippen molar-refractivity contribution in [2.45, 2.75) is 91.2 Å². The summed E-state index contributed by atoms with van der Waals surface area (Å²) in [5.41, 5.74) is 5.02. The molecule has 0 amide bonds. The molecule has 1 atom stereocenters. The highest BCUT2D eigenvalue weighted by Crippen LogP contribution is 2.41. The highest BCUT2D eigenvalue weighted by atomic mass is 16.5. The molecule has 0 aliphatic rings. The highest BCUT2D eigenvalue weighted by Gasteiger charge is 2.28. The van der Waals surface area contributed by atoms with Crippen molar-refractivity contribution in [1.82, 2.24) is 5.32 Å². The van der Waals surface area contributed by atoms with Crippen LogP contribution in [0.4, 0.5) is 0 Å². The molecule has 0 saturated carbocycles. The summed E-state index contributed by atoms with van der Waals surface area (Å²) >= 11 is 0. The molecular formula is C28H43NO2. The van der Waals surface area contributed by atoms with Crippen LogP contribution in [0.1, 0.15) is 77.6 Å². The van der Waals surface area contributed by atoms with Gasteiger partial charge in [0.2, 0.25) is 0 Å². The highest BCUT2D eigenvalue weighted by molar-refractivity contribution is 5.51. The molecule has 2 rings (SSSR count). The fraction of sp³-hybridized carbons (Fsp3) is 0.571. The van der Waals surface area contributed by atoms with E-state index in [0.29, 0.717) is 12.6 Å². The Morgan fingerprint density at radius 3 is 1.84 bits per heavy atom. The van der Waals surface area contributed by atoms with E-state index < -0.39 is 6.10 Å². The minimum atomic E-state index is -0.541. The van der Waals surface area contributed by atoms with Gasteiger partial charge in [-0.2, -0.15) is 0 Å². The Balaban J connectivity index is 2.35. The predicted molar refractivity (Wildman–Crippen MR) is 132 cm³/mol. The summed E-state index contributed by atoms with van der Waals surface area (Å²) in [5, 5.41) is 13.7. The van der Waals surface area contributed by atoms with Crippen LogP contribution in [0.3, 0.4) is 0 Å². The average molecular weight is 426 g/mol. The van der Waals surface area contributed by atoms with Crippen molar-refractivity contribution in [3.05, 3.63) is 64.7 Å². The van der Waals surface area contributed by atoms with Crippen LogP contribution >= 0.6 is 0 Å². The molecule has 3 nitrogen and oxygen atoms in total. The lowest BCUT2D eigenvalue weighted by Gasteiger charge is -2.31. The van der Waals surface area contributed by atoms with Gasteiger partial charge in [-0.1, -0.05) is 97.9 Å². The number of ether oxygens (including phenoxy) is 1. The van der Waals surface area contributed by atoms with Crippen LogP contribution in [0.15, 0.2) is 42.5 Å². The van der Waals surface area contributed by atoms with Crippen LogP contribution in [-0.2, 0) is 23.7 Å². The van der Waals surface area contributed by atoms with Crippen molar-refractivity contribution in [2.75, 3.05) is 13.2 Å². The van der Waals surface area contributed by atoms with Gasteiger partial charge in [0.1, 0.15) is 18.5 Å². The van der Waals surface area contributed by atoms with E-state index in [-0.39, 0.29) is 17.4 Å². The van der Waals surface area contributed by atoms with E-state index in [9.17, 15) is 5.11 Å². The molecule has 172 valence electrons. The van der Waals surface area contributed by atoms with E-state index in [1.165, 1.54) is 22.3 Å². The van der Waals surface area contributed by atoms with Gasteiger partial charge in [-0.05, 0) is 34.8 Å². The second-order valence-corrected chi connectivity index (χ2v) is 11.0. The smallest absolute Gasteiger partial charge is 0.126 e. The first-order valence-electron chi connectivity index (χ1n) is 11.6. The van der Waals surface area contributed by atoms with E-state index in [1.807, 2.05) is 0 Å². The Bertz CT molecular complexity index is 778. The summed E-state index contributed by atoms with van der Waals surface area (Å²) in [7, 11) is 0. The van der Waals surface area contributed by atoms with Gasteiger partial charge in [-0.3, -0.25) is 0 Å². The average Bonchev–Trinajstić information content (AvgIpc) is 2.68. The quantitative estimate of drug-likeness (QED) is 0.533. The van der Waals surface area contributed by atoms with E-state index in [1.54, 1.807) is 0 Å². The fourth-order valence-electron chi connectivity index (χ4n) is 3.65. The van der Waals surface area contributed by atoms with Gasteiger partial charge < -0.3 is 15.2 Å². The van der Waals surface area contributed by atoms with Crippen molar-refractivity contribution < 1.29 is 9.84 Å². The van der Waals surface area contributed by atoms with Gasteiger partial charge in [0.05, 0.1) is 0 Å². The number of aryl methyl sites for hydroxylation is 2. The van der Waals surface area contributed by atoms with Gasteiger partial charge in [-0.25, -0.2) is 0 Å². The Morgan fingerprint density at radius 1 is 0.839 bits per heavy atom. The van der Waals surface area contributed by atoms with Crippen LogP contribution in [-0.4, -0.2) is 30.4 Å². The third-order valence-electron chi connectivity index (χ3n) is 5.49. The number of benzene rings is 2. The molecule has 0 aromatic heterocycles. The SMILES string of the molecule is CC(C)NCC(O)COc1c(C(C)(C)C)cc(CCc2ccccc2)cc1C(C)(C)C. The largest absolute Gasteiger partial charge is 0.490 e. The maximum atomic E-state index is 10.4. The van der Waals surface area contributed by atoms with Crippen molar-refractivity contribution in [1.29, 1.82) is 0 Å². The summed E-state index contributed by atoms with van der Waals surface area (Å²) in [5.74, 6) is 0.937. The zero-order chi connectivity index (χ0) is 23.2. The maximum absolute atomic E-state index is 10.4. The summed E-state index contributed by atoms with van der Waals surface area (Å²) in [6.45, 7) is 18.4. The van der Waals surface area contributed by atoms with E-state index in [0.717, 1.165) is 18.6 Å². The minimum absolute atomic E-state index is 0.0563. The topological polar surface area (TPSA) is 41.5 Å². The maximum Gasteiger partial charge on any atom is 0.126 e. The molecule has 3 heteroatoms. The van der Waals surface area contributed by atoms with Crippen LogP contribution in [0.5, 0.6) is 5.75 Å². The van der Waals surface area contributed by atoms with Gasteiger partial charge in [-0.15, -0.1) is 0 Å². The van der Waals surface area contributed by atoms with Crippen LogP contribution in [0.25, 0.3) is 0 Å². The Morgan fingerprint density at radius 2 is 1.35 bits per heavy atom. The summed E-state index contributed by atoms with van der Waals surface area (Å²) < 4.78 is 6.34. The van der Waals surface area contributed by atoms with Crippen molar-refractivity contribution in [2.24, 2.45) is 0 Å². The molecule has 2 aromatic rings. The molecular weight excluding hydrogens is 382 g/mol. The van der Waals surface area contributed by atoms with Crippen LogP contribution in [0.2, 0.25) is 0 Å². The molecule has 0 aliphatic carbocycles. The standard InChI is InChI=1S/C28H43NO2/c1-20(2)29-18-23(30)19-31-26-24(27(3,4)5)16-22(17-25(26)28(6,7)8)15-14-21-12-10-9-11-13-21/h9-13,16-17,20,23,29-30H,14-15,18-19H2,1-8H3. The Kier molecular flexibility index (Phi) is 8.73. The predicted octanol–water partition coefficient (Wildman–Crippen LogP) is 5.80. The molecule has 2 aromatic carbocycles. The van der Waals surface area contributed by atoms with Gasteiger partial charge >= 0.3 is 0 Å². The number of rotatable bonds is 9. The number of hydrogen-bond donors (Lipinski definition) is 2. The first kappa shape index (κ1) is 25.4. The molecule has 0 spiro atoms. The summed E-state index contributed by atoms with van der Waals surface area (Å²) in [6, 6.07) is 15.6. The van der Waals surface area contributed by atoms with Crippen molar-refractivity contribution in [3.63, 3.8) is 0 Å². The van der Waals surface area contributed by atoms with Crippen molar-refractivity contribution >= 4 is 0 Å². The minimum Gasteiger partial charge on any atom is -0.490 e. The van der Waals surface area contributed by atoms with Crippen molar-refractivity contribution in [3.8, 4) is 5.75 Å². The first-order valence-corrected chi connectivity index (χ1v) is 11.6. The first-order chi connectivity index (χ1) is 14.4. The number of aliphatic hydroxyl groups is 1. The molecule has 0 fully saturated rings. The monoisotopic (exact) mass is 425 g/mol. The summed E-state index contributed by atoms with van der Waals surface area (Å²) in [4.78, 5) is 0. The number of nitrogens with one attached hydrogen (secondary N) is 1. The molecule has 0 radical (unpaired) electrons. The zero-order valence-electron chi connectivity index (χ0n) is 20.9. The zero-order valence-corrected chi connectivity index (χ0v) is 20.9. The Labute approximate surface area is 190 Å². The lowest BCUT2D eigenvalue weighted by atomic mass is 9.78. The molecule has 0 heterocycles. The molecule has 31 heavy (non-hydrogen) atoms. The molecule has 1 unspecified atom stereocenters. The second-order valence-electron chi connectivity index (χ2n) is 11.0. The summed E-state index contributed by atoms with van der Waals surface area (Å²) in [6.07, 6.45) is 1.48. The normalized spacial score (nSPS) is 13.5. The lowest BCUT2D eigenvalue weighted by Crippen LogP contribution is -2.35. The van der Waals surface area contributed by atoms with Gasteiger partial charge in [0, 0.05) is 23.7 Å². The van der Waals surface area contributed by atoms with E-state index in [2.05, 4.69) is 103 Å². The molecule has 2 N–H and O–H groups in total. The second kappa shape index (κ2) is 10.7. The van der Waals surface area contributed by atoms with E-state index in [4.69, 9.17) is 4.74 Å². The molecule has 0 saturated heterocycles. The van der Waals surface area contributed by atoms with Crippen LogP contribution in [0, 0.1) is 0 Å². The third-order valence-corrected chi connectivity index (χ3v) is 5.49. The Hall–Kier alpha value is -1.84. The van der Waals surface area contributed by atoms with E-state index >= 15 is 0 Å².